The SMILES string of the molecule is C=CCc1c[nH]c2cccc(O)c12. The topological polar surface area (TPSA) is 36.0 Å². The maximum atomic E-state index is 9.61. The van der Waals surface area contributed by atoms with Crippen LogP contribution in [0.5, 0.6) is 5.75 Å². The normalized spacial score (nSPS) is 10.5. The summed E-state index contributed by atoms with van der Waals surface area (Å²) < 4.78 is 0. The standard InChI is InChI=1S/C11H11NO/c1-2-4-8-7-12-9-5-3-6-10(13)11(8)9/h2-3,5-7,12-13H,1,4H2. The molecule has 0 atom stereocenters. The van der Waals surface area contributed by atoms with Gasteiger partial charge < -0.3 is 10.1 Å². The van der Waals surface area contributed by atoms with E-state index in [1.165, 1.54) is 0 Å². The lowest BCUT2D eigenvalue weighted by Gasteiger charge is -1.96. The third-order valence-corrected chi connectivity index (χ3v) is 2.13. The lowest BCUT2D eigenvalue weighted by Crippen LogP contribution is -1.76. The van der Waals surface area contributed by atoms with Crippen molar-refractivity contribution < 1.29 is 5.11 Å². The molecule has 0 saturated heterocycles. The van der Waals surface area contributed by atoms with E-state index in [1.807, 2.05) is 24.4 Å². The Bertz CT molecular complexity index is 442. The molecule has 1 aromatic carbocycles. The number of rotatable bonds is 2. The average molecular weight is 173 g/mol. The molecule has 0 unspecified atom stereocenters. The maximum Gasteiger partial charge on any atom is 0.125 e. The van der Waals surface area contributed by atoms with Crippen molar-refractivity contribution >= 4 is 10.9 Å². The predicted octanol–water partition coefficient (Wildman–Crippen LogP) is 2.60. The highest BCUT2D eigenvalue weighted by Gasteiger charge is 2.05. The number of phenolic OH excluding ortho intramolecular Hbond substituents is 1. The molecule has 2 aromatic rings. The van der Waals surface area contributed by atoms with Crippen molar-refractivity contribution in [3.63, 3.8) is 0 Å². The Labute approximate surface area is 76.5 Å². The van der Waals surface area contributed by atoms with Gasteiger partial charge in [0.15, 0.2) is 0 Å². The third kappa shape index (κ3) is 1.20. The van der Waals surface area contributed by atoms with Crippen LogP contribution in [0.3, 0.4) is 0 Å². The smallest absolute Gasteiger partial charge is 0.125 e. The summed E-state index contributed by atoms with van der Waals surface area (Å²) in [4.78, 5) is 3.11. The molecular weight excluding hydrogens is 162 g/mol. The van der Waals surface area contributed by atoms with Crippen LogP contribution in [0.2, 0.25) is 0 Å². The summed E-state index contributed by atoms with van der Waals surface area (Å²) in [5.74, 6) is 0.329. The van der Waals surface area contributed by atoms with Gasteiger partial charge in [-0.3, -0.25) is 0 Å². The zero-order chi connectivity index (χ0) is 9.26. The van der Waals surface area contributed by atoms with Gasteiger partial charge in [0.05, 0.1) is 0 Å². The highest BCUT2D eigenvalue weighted by Crippen LogP contribution is 2.27. The van der Waals surface area contributed by atoms with Gasteiger partial charge in [0, 0.05) is 17.1 Å². The molecule has 66 valence electrons. The Morgan fingerprint density at radius 3 is 3.08 bits per heavy atom. The Hall–Kier alpha value is -1.70. The van der Waals surface area contributed by atoms with Crippen LogP contribution >= 0.6 is 0 Å². The molecule has 0 saturated carbocycles. The molecule has 2 nitrogen and oxygen atoms in total. The van der Waals surface area contributed by atoms with Crippen LogP contribution in [0.1, 0.15) is 5.56 Å². The fraction of sp³-hybridized carbons (Fsp3) is 0.0909. The summed E-state index contributed by atoms with van der Waals surface area (Å²) >= 11 is 0. The second-order valence-corrected chi connectivity index (χ2v) is 3.01. The molecule has 0 aliphatic rings. The van der Waals surface area contributed by atoms with E-state index in [1.54, 1.807) is 6.07 Å². The summed E-state index contributed by atoms with van der Waals surface area (Å²) in [6.45, 7) is 3.68. The number of aromatic nitrogens is 1. The second-order valence-electron chi connectivity index (χ2n) is 3.01. The number of benzene rings is 1. The van der Waals surface area contributed by atoms with Crippen molar-refractivity contribution in [2.45, 2.75) is 6.42 Å². The van der Waals surface area contributed by atoms with E-state index in [4.69, 9.17) is 0 Å². The number of aromatic amines is 1. The first-order valence-corrected chi connectivity index (χ1v) is 4.22. The van der Waals surface area contributed by atoms with Crippen LogP contribution in [-0.4, -0.2) is 10.1 Å². The molecule has 1 heterocycles. The van der Waals surface area contributed by atoms with Crippen molar-refractivity contribution in [3.8, 4) is 5.75 Å². The largest absolute Gasteiger partial charge is 0.507 e. The van der Waals surface area contributed by atoms with Gasteiger partial charge in [-0.25, -0.2) is 0 Å². The van der Waals surface area contributed by atoms with Crippen LogP contribution in [0, 0.1) is 0 Å². The minimum Gasteiger partial charge on any atom is -0.507 e. The van der Waals surface area contributed by atoms with E-state index in [0.717, 1.165) is 22.9 Å². The van der Waals surface area contributed by atoms with Gasteiger partial charge in [-0.05, 0) is 24.1 Å². The number of hydrogen-bond acceptors (Lipinski definition) is 1. The lowest BCUT2D eigenvalue weighted by atomic mass is 10.1. The van der Waals surface area contributed by atoms with Crippen molar-refractivity contribution in [1.82, 2.24) is 4.98 Å². The summed E-state index contributed by atoms with van der Waals surface area (Å²) in [6.07, 6.45) is 4.51. The van der Waals surface area contributed by atoms with Crippen molar-refractivity contribution in [3.05, 3.63) is 42.6 Å². The van der Waals surface area contributed by atoms with E-state index in [0.29, 0.717) is 5.75 Å². The van der Waals surface area contributed by atoms with Crippen LogP contribution in [0.25, 0.3) is 10.9 Å². The lowest BCUT2D eigenvalue weighted by molar-refractivity contribution is 0.481. The Morgan fingerprint density at radius 2 is 2.31 bits per heavy atom. The molecule has 13 heavy (non-hydrogen) atoms. The van der Waals surface area contributed by atoms with Gasteiger partial charge >= 0.3 is 0 Å². The van der Waals surface area contributed by atoms with Gasteiger partial charge in [0.2, 0.25) is 0 Å². The average Bonchev–Trinajstić information content (AvgIpc) is 2.51. The first-order valence-electron chi connectivity index (χ1n) is 4.22. The third-order valence-electron chi connectivity index (χ3n) is 2.13. The number of aromatic hydroxyl groups is 1. The zero-order valence-corrected chi connectivity index (χ0v) is 7.25. The molecule has 0 spiro atoms. The molecule has 0 aliphatic heterocycles. The molecule has 1 aromatic heterocycles. The fourth-order valence-corrected chi connectivity index (χ4v) is 1.55. The van der Waals surface area contributed by atoms with Crippen molar-refractivity contribution in [2.75, 3.05) is 0 Å². The number of fused-ring (bicyclic) bond motifs is 1. The van der Waals surface area contributed by atoms with E-state index in [-0.39, 0.29) is 0 Å². The van der Waals surface area contributed by atoms with Crippen LogP contribution in [0.4, 0.5) is 0 Å². The highest BCUT2D eigenvalue weighted by molar-refractivity contribution is 5.89. The van der Waals surface area contributed by atoms with Crippen LogP contribution < -0.4 is 0 Å². The quantitative estimate of drug-likeness (QED) is 0.673. The monoisotopic (exact) mass is 173 g/mol. The minimum atomic E-state index is 0.329. The predicted molar refractivity (Wildman–Crippen MR) is 53.9 cm³/mol. The van der Waals surface area contributed by atoms with E-state index < -0.39 is 0 Å². The zero-order valence-electron chi connectivity index (χ0n) is 7.25. The molecule has 0 amide bonds. The number of phenols is 1. The number of H-pyrrole nitrogens is 1. The number of allylic oxidation sites excluding steroid dienone is 1. The number of nitrogens with one attached hydrogen (secondary N) is 1. The molecule has 0 aliphatic carbocycles. The van der Waals surface area contributed by atoms with Gasteiger partial charge in [0.1, 0.15) is 5.75 Å². The molecule has 0 fully saturated rings. The Morgan fingerprint density at radius 1 is 1.46 bits per heavy atom. The molecule has 0 bridgehead atoms. The van der Waals surface area contributed by atoms with E-state index in [9.17, 15) is 5.11 Å². The maximum absolute atomic E-state index is 9.61. The van der Waals surface area contributed by atoms with Gasteiger partial charge in [0.25, 0.3) is 0 Å². The minimum absolute atomic E-state index is 0.329. The van der Waals surface area contributed by atoms with Gasteiger partial charge in [-0.15, -0.1) is 6.58 Å². The number of hydrogen-bond donors (Lipinski definition) is 2. The highest BCUT2D eigenvalue weighted by atomic mass is 16.3. The Kier molecular flexibility index (Phi) is 1.81. The molecule has 2 heteroatoms. The van der Waals surface area contributed by atoms with Crippen LogP contribution in [-0.2, 0) is 6.42 Å². The van der Waals surface area contributed by atoms with E-state index in [2.05, 4.69) is 11.6 Å². The first kappa shape index (κ1) is 7.92. The molecular formula is C11H11NO. The van der Waals surface area contributed by atoms with Gasteiger partial charge in [-0.1, -0.05) is 12.1 Å². The van der Waals surface area contributed by atoms with Gasteiger partial charge in [-0.2, -0.15) is 0 Å². The molecule has 0 radical (unpaired) electrons. The van der Waals surface area contributed by atoms with Crippen LogP contribution in [0.15, 0.2) is 37.1 Å². The summed E-state index contributed by atoms with van der Waals surface area (Å²) in [5.41, 5.74) is 2.06. The Balaban J connectivity index is 2.70. The second kappa shape index (κ2) is 2.98. The first-order chi connectivity index (χ1) is 6.33. The van der Waals surface area contributed by atoms with E-state index >= 15 is 0 Å². The fourth-order valence-electron chi connectivity index (χ4n) is 1.55. The summed E-state index contributed by atoms with van der Waals surface area (Å²) in [7, 11) is 0. The summed E-state index contributed by atoms with van der Waals surface area (Å²) in [5, 5.41) is 10.5. The van der Waals surface area contributed by atoms with Crippen molar-refractivity contribution in [1.29, 1.82) is 0 Å². The molecule has 2 rings (SSSR count). The summed E-state index contributed by atoms with van der Waals surface area (Å²) in [6, 6.07) is 5.47. The molecule has 2 N–H and O–H groups in total. The van der Waals surface area contributed by atoms with Crippen molar-refractivity contribution in [2.24, 2.45) is 0 Å².